The number of rotatable bonds is 3. The summed E-state index contributed by atoms with van der Waals surface area (Å²) in [6.45, 7) is 2.00. The molecular weight excluding hydrogens is 226 g/mol. The Balaban J connectivity index is 3.05. The largest absolute Gasteiger partial charge is 0.477 e. The minimum Gasteiger partial charge on any atom is -0.477 e. The average Bonchev–Trinajstić information content (AvgIpc) is 2.26. The molecule has 0 aliphatic carbocycles. The number of carboxylic acids is 1. The van der Waals surface area contributed by atoms with Crippen molar-refractivity contribution in [2.45, 2.75) is 26.2 Å². The highest BCUT2D eigenvalue weighted by molar-refractivity contribution is 5.88. The third kappa shape index (κ3) is 3.28. The fraction of sp³-hybridized carbons (Fsp3) is 0.308. The summed E-state index contributed by atoms with van der Waals surface area (Å²) in [5, 5.41) is 8.65. The van der Waals surface area contributed by atoms with E-state index in [4.69, 9.17) is 5.11 Å². The first-order chi connectivity index (χ1) is 8.07. The van der Waals surface area contributed by atoms with Gasteiger partial charge in [0, 0.05) is 6.42 Å². The highest BCUT2D eigenvalue weighted by atomic mass is 19.1. The lowest BCUT2D eigenvalue weighted by atomic mass is 10.1. The Kier molecular flexibility index (Phi) is 4.65. The van der Waals surface area contributed by atoms with Crippen molar-refractivity contribution < 1.29 is 18.7 Å². The molecule has 1 N–H and O–H groups in total. The van der Waals surface area contributed by atoms with E-state index >= 15 is 0 Å². The fourth-order valence-corrected chi connectivity index (χ4v) is 1.27. The Morgan fingerprint density at radius 2 is 2.12 bits per heavy atom. The molecule has 0 fully saturated rings. The van der Waals surface area contributed by atoms with Crippen LogP contribution in [0.5, 0.6) is 0 Å². The molecule has 0 atom stereocenters. The normalized spacial score (nSPS) is 9.59. The van der Waals surface area contributed by atoms with Crippen LogP contribution in [0.25, 0.3) is 0 Å². The van der Waals surface area contributed by atoms with Gasteiger partial charge in [0.1, 0.15) is 11.4 Å². The van der Waals surface area contributed by atoms with Crippen LogP contribution in [0, 0.1) is 23.5 Å². The molecule has 90 valence electrons. The van der Waals surface area contributed by atoms with Crippen molar-refractivity contribution in [3.8, 4) is 11.8 Å². The van der Waals surface area contributed by atoms with Gasteiger partial charge in [-0.05, 0) is 18.6 Å². The number of hydrogen-bond donors (Lipinski definition) is 1. The van der Waals surface area contributed by atoms with Crippen molar-refractivity contribution in [3.63, 3.8) is 0 Å². The zero-order chi connectivity index (χ0) is 12.8. The third-order valence-electron chi connectivity index (χ3n) is 2.18. The molecule has 0 saturated carbocycles. The lowest BCUT2D eigenvalue weighted by molar-refractivity contribution is 0.0686. The smallest absolute Gasteiger partial charge is 0.341 e. The number of aromatic carboxylic acids is 1. The number of carbonyl (C=O) groups is 1. The van der Waals surface area contributed by atoms with Gasteiger partial charge in [0.25, 0.3) is 0 Å². The SMILES string of the molecule is CCCCC#Cc1ccc(F)c(C(=O)O)c1F. The van der Waals surface area contributed by atoms with Crippen LogP contribution < -0.4 is 0 Å². The average molecular weight is 238 g/mol. The summed E-state index contributed by atoms with van der Waals surface area (Å²) in [4.78, 5) is 10.6. The monoisotopic (exact) mass is 238 g/mol. The quantitative estimate of drug-likeness (QED) is 0.648. The van der Waals surface area contributed by atoms with Crippen LogP contribution in [0.1, 0.15) is 42.1 Å². The Morgan fingerprint density at radius 1 is 1.41 bits per heavy atom. The summed E-state index contributed by atoms with van der Waals surface area (Å²) in [5.41, 5.74) is -1.04. The second kappa shape index (κ2) is 6.00. The van der Waals surface area contributed by atoms with E-state index in [9.17, 15) is 13.6 Å². The topological polar surface area (TPSA) is 37.3 Å². The molecule has 17 heavy (non-hydrogen) atoms. The van der Waals surface area contributed by atoms with E-state index in [1.165, 1.54) is 0 Å². The Labute approximate surface area is 98.3 Å². The molecule has 0 spiro atoms. The van der Waals surface area contributed by atoms with Gasteiger partial charge in [-0.2, -0.15) is 0 Å². The molecule has 0 aromatic heterocycles. The van der Waals surface area contributed by atoms with Gasteiger partial charge in [0.2, 0.25) is 0 Å². The predicted octanol–water partition coefficient (Wildman–Crippen LogP) is 3.20. The maximum atomic E-state index is 13.6. The summed E-state index contributed by atoms with van der Waals surface area (Å²) in [6, 6.07) is 2.06. The first-order valence-electron chi connectivity index (χ1n) is 5.28. The van der Waals surface area contributed by atoms with Crippen LogP contribution in [0.2, 0.25) is 0 Å². The summed E-state index contributed by atoms with van der Waals surface area (Å²) < 4.78 is 26.6. The molecule has 0 saturated heterocycles. The van der Waals surface area contributed by atoms with E-state index < -0.39 is 23.2 Å². The van der Waals surface area contributed by atoms with Crippen LogP contribution in [-0.2, 0) is 0 Å². The van der Waals surface area contributed by atoms with Crippen molar-refractivity contribution >= 4 is 5.97 Å². The molecule has 2 nitrogen and oxygen atoms in total. The molecule has 0 heterocycles. The fourth-order valence-electron chi connectivity index (χ4n) is 1.27. The van der Waals surface area contributed by atoms with Crippen LogP contribution in [-0.4, -0.2) is 11.1 Å². The van der Waals surface area contributed by atoms with Crippen LogP contribution in [0.3, 0.4) is 0 Å². The molecule has 0 unspecified atom stereocenters. The summed E-state index contributed by atoms with van der Waals surface area (Å²) in [7, 11) is 0. The minimum atomic E-state index is -1.63. The van der Waals surface area contributed by atoms with E-state index in [0.717, 1.165) is 25.0 Å². The summed E-state index contributed by atoms with van der Waals surface area (Å²) >= 11 is 0. The Hall–Kier alpha value is -1.89. The molecule has 4 heteroatoms. The zero-order valence-electron chi connectivity index (χ0n) is 9.39. The van der Waals surface area contributed by atoms with Crippen LogP contribution in [0.15, 0.2) is 12.1 Å². The second-order valence-corrected chi connectivity index (χ2v) is 3.49. The minimum absolute atomic E-state index is 0.0834. The van der Waals surface area contributed by atoms with Crippen molar-refractivity contribution in [1.82, 2.24) is 0 Å². The third-order valence-corrected chi connectivity index (χ3v) is 2.18. The van der Waals surface area contributed by atoms with E-state index in [1.807, 2.05) is 6.92 Å². The van der Waals surface area contributed by atoms with Gasteiger partial charge >= 0.3 is 5.97 Å². The van der Waals surface area contributed by atoms with Crippen LogP contribution in [0.4, 0.5) is 8.78 Å². The van der Waals surface area contributed by atoms with Crippen molar-refractivity contribution in [1.29, 1.82) is 0 Å². The first kappa shape index (κ1) is 13.2. The van der Waals surface area contributed by atoms with Crippen molar-refractivity contribution in [3.05, 3.63) is 34.9 Å². The van der Waals surface area contributed by atoms with Gasteiger partial charge < -0.3 is 5.11 Å². The molecule has 0 radical (unpaired) electrons. The van der Waals surface area contributed by atoms with Gasteiger partial charge in [-0.25, -0.2) is 13.6 Å². The van der Waals surface area contributed by atoms with E-state index in [-0.39, 0.29) is 5.56 Å². The number of halogens is 2. The maximum Gasteiger partial charge on any atom is 0.341 e. The molecular formula is C13H12F2O2. The zero-order valence-corrected chi connectivity index (χ0v) is 9.39. The maximum absolute atomic E-state index is 13.6. The van der Waals surface area contributed by atoms with Crippen molar-refractivity contribution in [2.75, 3.05) is 0 Å². The number of unbranched alkanes of at least 4 members (excludes halogenated alkanes) is 2. The van der Waals surface area contributed by atoms with Gasteiger partial charge in [0.15, 0.2) is 5.82 Å². The van der Waals surface area contributed by atoms with Gasteiger partial charge in [-0.3, -0.25) is 0 Å². The number of hydrogen-bond acceptors (Lipinski definition) is 1. The Bertz CT molecular complexity index is 484. The molecule has 1 aromatic carbocycles. The van der Waals surface area contributed by atoms with Gasteiger partial charge in [-0.15, -0.1) is 0 Å². The standard InChI is InChI=1S/C13H12F2O2/c1-2-3-4-5-6-9-7-8-10(14)11(12(9)15)13(16)17/h7-8H,2-4H2,1H3,(H,16,17). The predicted molar refractivity (Wildman–Crippen MR) is 59.7 cm³/mol. The second-order valence-electron chi connectivity index (χ2n) is 3.49. The van der Waals surface area contributed by atoms with Crippen LogP contribution >= 0.6 is 0 Å². The molecule has 0 amide bonds. The number of benzene rings is 1. The van der Waals surface area contributed by atoms with E-state index in [2.05, 4.69) is 11.8 Å². The lowest BCUT2D eigenvalue weighted by Crippen LogP contribution is -2.06. The van der Waals surface area contributed by atoms with E-state index in [0.29, 0.717) is 6.42 Å². The van der Waals surface area contributed by atoms with E-state index in [1.54, 1.807) is 0 Å². The summed E-state index contributed by atoms with van der Waals surface area (Å²) in [5.74, 6) is 1.41. The molecule has 1 aromatic rings. The molecule has 0 bridgehead atoms. The number of carboxylic acid groups (broad SMARTS) is 1. The summed E-state index contributed by atoms with van der Waals surface area (Å²) in [6.07, 6.45) is 2.47. The van der Waals surface area contributed by atoms with Crippen molar-refractivity contribution in [2.24, 2.45) is 0 Å². The highest BCUT2D eigenvalue weighted by Crippen LogP contribution is 2.16. The molecule has 0 aliphatic rings. The van der Waals surface area contributed by atoms with Gasteiger partial charge in [0.05, 0.1) is 5.56 Å². The van der Waals surface area contributed by atoms with Gasteiger partial charge in [-0.1, -0.05) is 25.2 Å². The highest BCUT2D eigenvalue weighted by Gasteiger charge is 2.18. The molecule has 1 rings (SSSR count). The first-order valence-corrected chi connectivity index (χ1v) is 5.28. The molecule has 0 aliphatic heterocycles. The lowest BCUT2D eigenvalue weighted by Gasteiger charge is -2.01. The Morgan fingerprint density at radius 3 is 2.71 bits per heavy atom.